The average Bonchev–Trinajstić information content (AvgIpc) is 2.53. The van der Waals surface area contributed by atoms with E-state index in [1.54, 1.807) is 0 Å². The Balaban J connectivity index is 4.47. The molecule has 0 heterocycles. The maximum atomic E-state index is 8.86. The summed E-state index contributed by atoms with van der Waals surface area (Å²) < 4.78 is 0. The summed E-state index contributed by atoms with van der Waals surface area (Å²) in [5.41, 5.74) is 4.04. The van der Waals surface area contributed by atoms with Crippen molar-refractivity contribution in [1.29, 1.82) is 0 Å². The minimum Gasteiger partial charge on any atom is -0.396 e. The van der Waals surface area contributed by atoms with Gasteiger partial charge in [0.15, 0.2) is 0 Å². The number of hydrogen-bond acceptors (Lipinski definition) is 1. The van der Waals surface area contributed by atoms with Gasteiger partial charge in [-0.05, 0) is 48.3 Å². The van der Waals surface area contributed by atoms with Crippen LogP contribution in [0.5, 0.6) is 0 Å². The molecule has 124 valence electrons. The second-order valence-corrected chi connectivity index (χ2v) is 6.30. The van der Waals surface area contributed by atoms with Crippen LogP contribution in [0.3, 0.4) is 0 Å². The lowest BCUT2D eigenvalue weighted by Gasteiger charge is -2.15. The van der Waals surface area contributed by atoms with Gasteiger partial charge in [0.05, 0.1) is 0 Å². The molecule has 0 saturated carbocycles. The molecular formula is C21H34O. The predicted octanol–water partition coefficient (Wildman–Crippen LogP) is 6.00. The first kappa shape index (κ1) is 20.7. The van der Waals surface area contributed by atoms with Crippen LogP contribution in [0.25, 0.3) is 0 Å². The summed E-state index contributed by atoms with van der Waals surface area (Å²) in [7, 11) is 0. The summed E-state index contributed by atoms with van der Waals surface area (Å²) in [6.45, 7) is 21.3. The van der Waals surface area contributed by atoms with Gasteiger partial charge in [0.2, 0.25) is 0 Å². The molecule has 1 heteroatoms. The van der Waals surface area contributed by atoms with Crippen LogP contribution in [0, 0.1) is 11.8 Å². The van der Waals surface area contributed by atoms with Crippen molar-refractivity contribution in [3.05, 3.63) is 60.3 Å². The van der Waals surface area contributed by atoms with Crippen molar-refractivity contribution < 1.29 is 5.11 Å². The molecule has 0 aromatic rings. The molecule has 0 rings (SSSR count). The Labute approximate surface area is 137 Å². The smallest absolute Gasteiger partial charge is 0.0465 e. The van der Waals surface area contributed by atoms with Gasteiger partial charge in [-0.1, -0.05) is 77.2 Å². The average molecular weight is 303 g/mol. The fourth-order valence-corrected chi connectivity index (χ4v) is 2.05. The first-order valence-electron chi connectivity index (χ1n) is 8.36. The maximum Gasteiger partial charge on any atom is 0.0465 e. The monoisotopic (exact) mass is 302 g/mol. The standard InChI is InChI=1S/C21H34O/c1-8-16(2)11-12-17(3)18(4)13-14-20(6)21(7)19(5)10-9-15-22/h10,13-14,16-17,22H,4,6-9,11-12,15H2,1-3,5H3/b14-13-,19-10-. The number of allylic oxidation sites excluding steroid dienone is 6. The Morgan fingerprint density at radius 1 is 1.09 bits per heavy atom. The highest BCUT2D eigenvalue weighted by molar-refractivity contribution is 5.48. The third-order valence-electron chi connectivity index (χ3n) is 4.36. The van der Waals surface area contributed by atoms with Gasteiger partial charge in [0, 0.05) is 6.61 Å². The van der Waals surface area contributed by atoms with E-state index in [-0.39, 0.29) is 6.61 Å². The van der Waals surface area contributed by atoms with Crippen LogP contribution in [0.2, 0.25) is 0 Å². The quantitative estimate of drug-likeness (QED) is 0.464. The molecular weight excluding hydrogens is 268 g/mol. The van der Waals surface area contributed by atoms with E-state index in [1.807, 2.05) is 19.1 Å². The number of aliphatic hydroxyl groups is 1. The molecule has 0 aliphatic carbocycles. The zero-order valence-electron chi connectivity index (χ0n) is 15.0. The van der Waals surface area contributed by atoms with Crippen molar-refractivity contribution in [2.24, 2.45) is 11.8 Å². The Hall–Kier alpha value is -1.34. The zero-order chi connectivity index (χ0) is 17.1. The molecule has 0 aliphatic rings. The molecule has 1 N–H and O–H groups in total. The minimum absolute atomic E-state index is 0.164. The Bertz CT molecular complexity index is 437. The van der Waals surface area contributed by atoms with Gasteiger partial charge in [-0.3, -0.25) is 0 Å². The fourth-order valence-electron chi connectivity index (χ4n) is 2.05. The third kappa shape index (κ3) is 8.19. The summed E-state index contributed by atoms with van der Waals surface area (Å²) in [6, 6.07) is 0. The Morgan fingerprint density at radius 2 is 1.73 bits per heavy atom. The van der Waals surface area contributed by atoms with E-state index in [0.717, 1.165) is 28.2 Å². The van der Waals surface area contributed by atoms with Crippen molar-refractivity contribution in [3.8, 4) is 0 Å². The molecule has 2 unspecified atom stereocenters. The highest BCUT2D eigenvalue weighted by Crippen LogP contribution is 2.22. The van der Waals surface area contributed by atoms with Crippen molar-refractivity contribution in [2.75, 3.05) is 6.61 Å². The van der Waals surface area contributed by atoms with Gasteiger partial charge in [0.25, 0.3) is 0 Å². The minimum atomic E-state index is 0.164. The molecule has 0 aromatic carbocycles. The molecule has 0 saturated heterocycles. The highest BCUT2D eigenvalue weighted by atomic mass is 16.2. The summed E-state index contributed by atoms with van der Waals surface area (Å²) in [6.07, 6.45) is 10.4. The Kier molecular flexibility index (Phi) is 10.6. The van der Waals surface area contributed by atoms with Crippen molar-refractivity contribution in [3.63, 3.8) is 0 Å². The van der Waals surface area contributed by atoms with Gasteiger partial charge in [-0.25, -0.2) is 0 Å². The molecule has 0 spiro atoms. The summed E-state index contributed by atoms with van der Waals surface area (Å²) in [5.74, 6) is 1.28. The first-order valence-corrected chi connectivity index (χ1v) is 8.36. The number of rotatable bonds is 11. The molecule has 0 aliphatic heterocycles. The van der Waals surface area contributed by atoms with E-state index in [4.69, 9.17) is 5.11 Å². The van der Waals surface area contributed by atoms with Gasteiger partial charge in [-0.15, -0.1) is 0 Å². The van der Waals surface area contributed by atoms with Crippen LogP contribution >= 0.6 is 0 Å². The van der Waals surface area contributed by atoms with Crippen molar-refractivity contribution in [1.82, 2.24) is 0 Å². The second kappa shape index (κ2) is 11.3. The predicted molar refractivity (Wildman–Crippen MR) is 99.9 cm³/mol. The Morgan fingerprint density at radius 3 is 2.27 bits per heavy atom. The topological polar surface area (TPSA) is 20.2 Å². The van der Waals surface area contributed by atoms with Crippen LogP contribution in [0.15, 0.2) is 60.3 Å². The molecule has 22 heavy (non-hydrogen) atoms. The molecule has 2 atom stereocenters. The van der Waals surface area contributed by atoms with Gasteiger partial charge >= 0.3 is 0 Å². The molecule has 1 nitrogen and oxygen atoms in total. The van der Waals surface area contributed by atoms with Crippen LogP contribution in [-0.2, 0) is 0 Å². The maximum absolute atomic E-state index is 8.86. The van der Waals surface area contributed by atoms with Crippen LogP contribution in [0.4, 0.5) is 0 Å². The third-order valence-corrected chi connectivity index (χ3v) is 4.36. The normalized spacial score (nSPS) is 14.9. The van der Waals surface area contributed by atoms with Crippen LogP contribution in [0.1, 0.15) is 53.4 Å². The van der Waals surface area contributed by atoms with Gasteiger partial charge in [-0.2, -0.15) is 0 Å². The van der Waals surface area contributed by atoms with Gasteiger partial charge in [0.1, 0.15) is 0 Å². The van der Waals surface area contributed by atoms with E-state index in [1.165, 1.54) is 19.3 Å². The van der Waals surface area contributed by atoms with Gasteiger partial charge < -0.3 is 5.11 Å². The molecule has 0 amide bonds. The largest absolute Gasteiger partial charge is 0.396 e. The summed E-state index contributed by atoms with van der Waals surface area (Å²) in [4.78, 5) is 0. The summed E-state index contributed by atoms with van der Waals surface area (Å²) in [5, 5.41) is 8.86. The lowest BCUT2D eigenvalue weighted by molar-refractivity contribution is 0.302. The fraction of sp³-hybridized carbons (Fsp3) is 0.524. The number of aliphatic hydroxyl groups excluding tert-OH is 1. The molecule has 0 aromatic heterocycles. The molecule has 0 bridgehead atoms. The first-order chi connectivity index (χ1) is 10.3. The van der Waals surface area contributed by atoms with E-state index in [2.05, 4.69) is 46.6 Å². The highest BCUT2D eigenvalue weighted by Gasteiger charge is 2.07. The van der Waals surface area contributed by atoms with Crippen LogP contribution in [-0.4, -0.2) is 11.7 Å². The van der Waals surface area contributed by atoms with E-state index in [9.17, 15) is 0 Å². The van der Waals surface area contributed by atoms with E-state index < -0.39 is 0 Å². The lowest BCUT2D eigenvalue weighted by Crippen LogP contribution is -2.01. The zero-order valence-corrected chi connectivity index (χ0v) is 15.0. The summed E-state index contributed by atoms with van der Waals surface area (Å²) >= 11 is 0. The van der Waals surface area contributed by atoms with Crippen molar-refractivity contribution >= 4 is 0 Å². The number of hydrogen-bond donors (Lipinski definition) is 1. The SMILES string of the molecule is C=C(/C=C\C(=C)C(C)CCC(C)CC)C(=C)/C(C)=C\CCO. The lowest BCUT2D eigenvalue weighted by atomic mass is 9.91. The van der Waals surface area contributed by atoms with Crippen molar-refractivity contribution in [2.45, 2.75) is 53.4 Å². The molecule has 0 radical (unpaired) electrons. The second-order valence-electron chi connectivity index (χ2n) is 6.30. The van der Waals surface area contributed by atoms with Crippen LogP contribution < -0.4 is 0 Å². The van der Waals surface area contributed by atoms with E-state index in [0.29, 0.717) is 12.3 Å². The van der Waals surface area contributed by atoms with E-state index >= 15 is 0 Å². The molecule has 0 fully saturated rings.